The fraction of sp³-hybridized carbons (Fsp3) is 0.273. The lowest BCUT2D eigenvalue weighted by molar-refractivity contribution is -0.146. The monoisotopic (exact) mass is 411 g/mol. The van der Waals surface area contributed by atoms with Crippen molar-refractivity contribution in [3.63, 3.8) is 0 Å². The maximum Gasteiger partial charge on any atom is 0.278 e. The maximum atomic E-state index is 12.8. The number of aryl methyl sites for hydroxylation is 2. The van der Waals surface area contributed by atoms with Gasteiger partial charge in [-0.1, -0.05) is 23.7 Å². The van der Waals surface area contributed by atoms with Gasteiger partial charge in [0.25, 0.3) is 17.4 Å². The molecular formula is C22H22ClN3O3. The Bertz CT molecular complexity index is 1140. The van der Waals surface area contributed by atoms with Crippen LogP contribution in [0.4, 0.5) is 5.69 Å². The number of nitrogens with one attached hydrogen (secondary N) is 3. The Morgan fingerprint density at radius 1 is 1.24 bits per heavy atom. The van der Waals surface area contributed by atoms with Crippen molar-refractivity contribution in [3.05, 3.63) is 58.2 Å². The maximum absolute atomic E-state index is 12.8. The standard InChI is InChI=1S/C22H22ClN3O3/c1-12-10-14(23)11-16-15(13(2)25-19(12)16)8-9-24-20(27)22(3)21(28)26-17-6-4-5-7-18(17)29-22/h4-7,10-11,25H,8-9H2,1-3H3,(H,24,27)(H,26,28). The van der Waals surface area contributed by atoms with E-state index in [1.807, 2.05) is 26.0 Å². The molecule has 2 amide bonds. The largest absolute Gasteiger partial charge is 0.466 e. The smallest absolute Gasteiger partial charge is 0.278 e. The van der Waals surface area contributed by atoms with Crippen molar-refractivity contribution in [1.82, 2.24) is 10.3 Å². The molecule has 4 rings (SSSR count). The van der Waals surface area contributed by atoms with E-state index in [-0.39, 0.29) is 0 Å². The minimum Gasteiger partial charge on any atom is -0.466 e. The first-order valence-corrected chi connectivity index (χ1v) is 9.82. The molecule has 0 fully saturated rings. The number of amides is 2. The van der Waals surface area contributed by atoms with Crippen LogP contribution in [0.25, 0.3) is 10.9 Å². The first kappa shape index (κ1) is 19.3. The molecule has 1 aliphatic heterocycles. The van der Waals surface area contributed by atoms with Crippen LogP contribution < -0.4 is 15.4 Å². The number of hydrogen-bond donors (Lipinski definition) is 3. The first-order chi connectivity index (χ1) is 13.8. The van der Waals surface area contributed by atoms with Crippen molar-refractivity contribution < 1.29 is 14.3 Å². The van der Waals surface area contributed by atoms with Gasteiger partial charge < -0.3 is 20.4 Å². The van der Waals surface area contributed by atoms with Crippen molar-refractivity contribution in [2.75, 3.05) is 11.9 Å². The zero-order valence-electron chi connectivity index (χ0n) is 16.5. The normalized spacial score (nSPS) is 18.1. The Hall–Kier alpha value is -2.99. The number of benzene rings is 2. The molecule has 29 heavy (non-hydrogen) atoms. The quantitative estimate of drug-likeness (QED) is 0.569. The summed E-state index contributed by atoms with van der Waals surface area (Å²) in [6.45, 7) is 5.85. The molecule has 1 unspecified atom stereocenters. The third-order valence-electron chi connectivity index (χ3n) is 5.37. The first-order valence-electron chi connectivity index (χ1n) is 9.44. The van der Waals surface area contributed by atoms with E-state index in [0.717, 1.165) is 27.7 Å². The van der Waals surface area contributed by atoms with Gasteiger partial charge in [-0.25, -0.2) is 0 Å². The van der Waals surface area contributed by atoms with Gasteiger partial charge in [-0.15, -0.1) is 0 Å². The summed E-state index contributed by atoms with van der Waals surface area (Å²) in [5, 5.41) is 7.31. The predicted octanol–water partition coefficient (Wildman–Crippen LogP) is 3.89. The average molecular weight is 412 g/mol. The summed E-state index contributed by atoms with van der Waals surface area (Å²) >= 11 is 6.22. The molecule has 7 heteroatoms. The molecule has 0 spiro atoms. The molecular weight excluding hydrogens is 390 g/mol. The van der Waals surface area contributed by atoms with Crippen molar-refractivity contribution in [2.24, 2.45) is 0 Å². The Labute approximate surface area is 173 Å². The van der Waals surface area contributed by atoms with Gasteiger partial charge >= 0.3 is 0 Å². The highest BCUT2D eigenvalue weighted by Crippen LogP contribution is 2.33. The van der Waals surface area contributed by atoms with E-state index in [1.54, 1.807) is 24.3 Å². The van der Waals surface area contributed by atoms with Gasteiger partial charge in [0.15, 0.2) is 0 Å². The molecule has 0 bridgehead atoms. The van der Waals surface area contributed by atoms with E-state index in [4.69, 9.17) is 16.3 Å². The lowest BCUT2D eigenvalue weighted by Gasteiger charge is -2.33. The summed E-state index contributed by atoms with van der Waals surface area (Å²) in [5.41, 5.74) is 3.19. The third kappa shape index (κ3) is 3.34. The minimum atomic E-state index is -1.62. The number of carbonyl (C=O) groups excluding carboxylic acids is 2. The average Bonchev–Trinajstić information content (AvgIpc) is 2.98. The summed E-state index contributed by atoms with van der Waals surface area (Å²) in [6, 6.07) is 10.9. The Morgan fingerprint density at radius 3 is 2.79 bits per heavy atom. The zero-order chi connectivity index (χ0) is 20.8. The van der Waals surface area contributed by atoms with Gasteiger partial charge in [0, 0.05) is 28.2 Å². The SMILES string of the molecule is Cc1[nH]c2c(C)cc(Cl)cc2c1CCNC(=O)C1(C)Oc2ccccc2NC1=O. The highest BCUT2D eigenvalue weighted by molar-refractivity contribution is 6.31. The molecule has 0 aliphatic carbocycles. The summed E-state index contributed by atoms with van der Waals surface area (Å²) in [7, 11) is 0. The highest BCUT2D eigenvalue weighted by Gasteiger charge is 2.47. The lowest BCUT2D eigenvalue weighted by Crippen LogP contribution is -2.58. The number of hydrogen-bond acceptors (Lipinski definition) is 3. The molecule has 3 aromatic rings. The van der Waals surface area contributed by atoms with Crippen LogP contribution in [0.3, 0.4) is 0 Å². The minimum absolute atomic E-state index is 0.367. The van der Waals surface area contributed by atoms with E-state index >= 15 is 0 Å². The number of carbonyl (C=O) groups is 2. The van der Waals surface area contributed by atoms with E-state index in [1.165, 1.54) is 6.92 Å². The molecule has 3 N–H and O–H groups in total. The molecule has 150 valence electrons. The molecule has 6 nitrogen and oxygen atoms in total. The van der Waals surface area contributed by atoms with Gasteiger partial charge in [0.2, 0.25) is 0 Å². The second-order valence-corrected chi connectivity index (χ2v) is 7.90. The predicted molar refractivity (Wildman–Crippen MR) is 114 cm³/mol. The van der Waals surface area contributed by atoms with Crippen LogP contribution in [-0.2, 0) is 16.0 Å². The molecule has 2 heterocycles. The van der Waals surface area contributed by atoms with Crippen LogP contribution in [0.1, 0.15) is 23.7 Å². The molecule has 1 aromatic heterocycles. The number of aromatic amines is 1. The number of ether oxygens (including phenoxy) is 1. The number of H-pyrrole nitrogens is 1. The van der Waals surface area contributed by atoms with E-state index in [9.17, 15) is 9.59 Å². The Kier molecular flexibility index (Phi) is 4.74. The molecule has 0 saturated heterocycles. The zero-order valence-corrected chi connectivity index (χ0v) is 17.2. The van der Waals surface area contributed by atoms with Crippen molar-refractivity contribution >= 4 is 40.0 Å². The summed E-state index contributed by atoms with van der Waals surface area (Å²) in [5.74, 6) is -0.488. The van der Waals surface area contributed by atoms with Crippen molar-refractivity contribution in [2.45, 2.75) is 32.8 Å². The topological polar surface area (TPSA) is 83.2 Å². The highest BCUT2D eigenvalue weighted by atomic mass is 35.5. The Morgan fingerprint density at radius 2 is 2.00 bits per heavy atom. The summed E-state index contributed by atoms with van der Waals surface area (Å²) in [6.07, 6.45) is 0.603. The van der Waals surface area contributed by atoms with E-state index in [2.05, 4.69) is 15.6 Å². The lowest BCUT2D eigenvalue weighted by atomic mass is 10.0. The van der Waals surface area contributed by atoms with E-state index < -0.39 is 17.4 Å². The van der Waals surface area contributed by atoms with Crippen LogP contribution in [-0.4, -0.2) is 28.9 Å². The third-order valence-corrected chi connectivity index (χ3v) is 5.59. The number of halogens is 1. The molecule has 0 radical (unpaired) electrons. The van der Waals surface area contributed by atoms with Gasteiger partial charge in [0.1, 0.15) is 5.75 Å². The second-order valence-electron chi connectivity index (χ2n) is 7.47. The van der Waals surface area contributed by atoms with Crippen LogP contribution >= 0.6 is 11.6 Å². The number of fused-ring (bicyclic) bond motifs is 2. The summed E-state index contributed by atoms with van der Waals surface area (Å²) in [4.78, 5) is 28.7. The van der Waals surface area contributed by atoms with Crippen molar-refractivity contribution in [3.8, 4) is 5.75 Å². The number of para-hydroxylation sites is 2. The number of anilines is 1. The van der Waals surface area contributed by atoms with Gasteiger partial charge in [0.05, 0.1) is 5.69 Å². The number of aromatic nitrogens is 1. The van der Waals surface area contributed by atoms with Crippen LogP contribution in [0.15, 0.2) is 36.4 Å². The van der Waals surface area contributed by atoms with Gasteiger partial charge in [-0.05, 0) is 62.6 Å². The fourth-order valence-corrected chi connectivity index (χ4v) is 3.99. The van der Waals surface area contributed by atoms with E-state index in [0.29, 0.717) is 29.4 Å². The number of rotatable bonds is 4. The molecule has 2 aromatic carbocycles. The summed E-state index contributed by atoms with van der Waals surface area (Å²) < 4.78 is 5.76. The van der Waals surface area contributed by atoms with Crippen molar-refractivity contribution in [1.29, 1.82) is 0 Å². The van der Waals surface area contributed by atoms with Crippen LogP contribution in [0.2, 0.25) is 5.02 Å². The van der Waals surface area contributed by atoms with Gasteiger partial charge in [-0.3, -0.25) is 9.59 Å². The van der Waals surface area contributed by atoms with Crippen LogP contribution in [0, 0.1) is 13.8 Å². The molecule has 1 atom stereocenters. The molecule has 0 saturated carbocycles. The fourth-order valence-electron chi connectivity index (χ4n) is 3.72. The molecule has 1 aliphatic rings. The second kappa shape index (κ2) is 7.12. The van der Waals surface area contributed by atoms with Gasteiger partial charge in [-0.2, -0.15) is 0 Å². The van der Waals surface area contributed by atoms with Crippen LogP contribution in [0.5, 0.6) is 5.75 Å². The Balaban J connectivity index is 1.49.